The van der Waals surface area contributed by atoms with E-state index < -0.39 is 42.1 Å². The minimum absolute atomic E-state index is 0.0600. The summed E-state index contributed by atoms with van der Waals surface area (Å²) in [5, 5.41) is 28.9. The first kappa shape index (κ1) is 17.3. The molecule has 5 atom stereocenters. The topological polar surface area (TPSA) is 143 Å². The molecule has 0 radical (unpaired) electrons. The van der Waals surface area contributed by atoms with Crippen molar-refractivity contribution in [2.75, 3.05) is 12.6 Å². The summed E-state index contributed by atoms with van der Waals surface area (Å²) >= 11 is 0. The summed E-state index contributed by atoms with van der Waals surface area (Å²) < 4.78 is 11.1. The average Bonchev–Trinajstić information content (AvgIpc) is 2.82. The van der Waals surface area contributed by atoms with Gasteiger partial charge in [0.15, 0.2) is 12.0 Å². The number of methoxy groups -OCH3 is 1. The predicted molar refractivity (Wildman–Crippen MR) is 75.6 cm³/mol. The number of nitrogens with one attached hydrogen (secondary N) is 1. The number of aliphatic hydroxyl groups excluding tert-OH is 2. The van der Waals surface area contributed by atoms with Gasteiger partial charge in [0.05, 0.1) is 19.1 Å². The van der Waals surface area contributed by atoms with E-state index >= 15 is 0 Å². The molecular formula is C13H19N3O7. The molecule has 0 spiro atoms. The number of esters is 1. The normalized spacial score (nSPS) is 28.4. The van der Waals surface area contributed by atoms with Crippen LogP contribution in [0.25, 0.3) is 0 Å². The van der Waals surface area contributed by atoms with E-state index in [4.69, 9.17) is 9.94 Å². The van der Waals surface area contributed by atoms with E-state index in [1.54, 1.807) is 12.4 Å². The van der Waals surface area contributed by atoms with Gasteiger partial charge in [-0.2, -0.15) is 4.98 Å². The Morgan fingerprint density at radius 3 is 2.78 bits per heavy atom. The Kier molecular flexibility index (Phi) is 5.31. The molecule has 1 fully saturated rings. The number of anilines is 1. The van der Waals surface area contributed by atoms with Gasteiger partial charge in [-0.15, -0.1) is 0 Å². The highest BCUT2D eigenvalue weighted by Crippen LogP contribution is 2.32. The van der Waals surface area contributed by atoms with E-state index in [-0.39, 0.29) is 12.2 Å². The molecule has 1 aromatic heterocycles. The first-order chi connectivity index (χ1) is 10.9. The van der Waals surface area contributed by atoms with Crippen LogP contribution in [0.3, 0.4) is 0 Å². The summed E-state index contributed by atoms with van der Waals surface area (Å²) in [4.78, 5) is 26.8. The maximum absolute atomic E-state index is 11.9. The highest BCUT2D eigenvalue weighted by atomic mass is 16.6. The van der Waals surface area contributed by atoms with E-state index in [1.807, 2.05) is 0 Å². The van der Waals surface area contributed by atoms with Gasteiger partial charge in [0.2, 0.25) is 0 Å². The number of aromatic nitrogens is 2. The van der Waals surface area contributed by atoms with Crippen molar-refractivity contribution in [2.24, 2.45) is 5.92 Å². The lowest BCUT2D eigenvalue weighted by atomic mass is 9.99. The lowest BCUT2D eigenvalue weighted by Gasteiger charge is -2.18. The number of rotatable bonds is 5. The van der Waals surface area contributed by atoms with Gasteiger partial charge in [-0.05, 0) is 12.5 Å². The van der Waals surface area contributed by atoms with Gasteiger partial charge in [0, 0.05) is 6.20 Å². The molecule has 0 aromatic carbocycles. The molecular weight excluding hydrogens is 310 g/mol. The van der Waals surface area contributed by atoms with Gasteiger partial charge in [0.1, 0.15) is 12.2 Å². The molecule has 10 nitrogen and oxygen atoms in total. The molecule has 0 bridgehead atoms. The third-order valence-electron chi connectivity index (χ3n) is 3.75. The molecule has 23 heavy (non-hydrogen) atoms. The molecule has 2 rings (SSSR count). The van der Waals surface area contributed by atoms with E-state index in [1.165, 1.54) is 19.4 Å². The number of hydrogen-bond donors (Lipinski definition) is 4. The summed E-state index contributed by atoms with van der Waals surface area (Å²) in [6.07, 6.45) is -3.23. The summed E-state index contributed by atoms with van der Waals surface area (Å²) in [6.45, 7) is 1.61. The smallest absolute Gasteiger partial charge is 0.351 e. The first-order valence-corrected chi connectivity index (χ1v) is 6.97. The second kappa shape index (κ2) is 7.04. The van der Waals surface area contributed by atoms with Crippen LogP contribution in [0.1, 0.15) is 19.6 Å². The van der Waals surface area contributed by atoms with Crippen molar-refractivity contribution in [3.63, 3.8) is 0 Å². The van der Waals surface area contributed by atoms with Crippen molar-refractivity contribution in [1.29, 1.82) is 0 Å². The molecule has 0 aliphatic carbocycles. The molecule has 2 heterocycles. The Hall–Kier alpha value is -2.01. The van der Waals surface area contributed by atoms with Gasteiger partial charge in [-0.3, -0.25) is 20.0 Å². The lowest BCUT2D eigenvalue weighted by molar-refractivity contribution is -0.146. The summed E-state index contributed by atoms with van der Waals surface area (Å²) in [5.41, 5.74) is 0.955. The first-order valence-electron chi connectivity index (χ1n) is 6.97. The molecule has 1 aliphatic rings. The van der Waals surface area contributed by atoms with Gasteiger partial charge in [0.25, 0.3) is 0 Å². The highest BCUT2D eigenvalue weighted by molar-refractivity contribution is 5.71. The SMILES string of the molecule is COC(=O)C(C)C[C@H]1O[C@@H](n2ccc(NO)nc2=O)[C@H](O)[C@@H]1O. The van der Waals surface area contributed by atoms with Crippen molar-refractivity contribution < 1.29 is 29.7 Å². The number of hydrogen-bond acceptors (Lipinski definition) is 9. The fourth-order valence-electron chi connectivity index (χ4n) is 2.47. The highest BCUT2D eigenvalue weighted by Gasteiger charge is 2.45. The molecule has 128 valence electrons. The van der Waals surface area contributed by atoms with E-state index in [0.29, 0.717) is 0 Å². The number of nitrogens with zero attached hydrogens (tertiary/aromatic N) is 2. The zero-order valence-corrected chi connectivity index (χ0v) is 12.6. The van der Waals surface area contributed by atoms with E-state index in [2.05, 4.69) is 9.72 Å². The molecule has 1 unspecified atom stereocenters. The fourth-order valence-corrected chi connectivity index (χ4v) is 2.47. The van der Waals surface area contributed by atoms with Crippen molar-refractivity contribution in [3.05, 3.63) is 22.7 Å². The molecule has 4 N–H and O–H groups in total. The molecule has 1 aliphatic heterocycles. The van der Waals surface area contributed by atoms with Crippen LogP contribution in [0.15, 0.2) is 17.1 Å². The Bertz CT molecular complexity index is 620. The Labute approximate surface area is 131 Å². The Balaban J connectivity index is 2.16. The lowest BCUT2D eigenvalue weighted by Crippen LogP contribution is -2.36. The van der Waals surface area contributed by atoms with Crippen LogP contribution < -0.4 is 11.2 Å². The van der Waals surface area contributed by atoms with Gasteiger partial charge in [-0.1, -0.05) is 6.92 Å². The van der Waals surface area contributed by atoms with E-state index in [9.17, 15) is 19.8 Å². The van der Waals surface area contributed by atoms with Crippen LogP contribution in [-0.2, 0) is 14.3 Å². The molecule has 1 aromatic rings. The van der Waals surface area contributed by atoms with Crippen molar-refractivity contribution in [2.45, 2.75) is 37.9 Å². The second-order valence-corrected chi connectivity index (χ2v) is 5.32. The van der Waals surface area contributed by atoms with Crippen molar-refractivity contribution >= 4 is 11.8 Å². The van der Waals surface area contributed by atoms with Crippen LogP contribution in [0.2, 0.25) is 0 Å². The molecule has 0 amide bonds. The van der Waals surface area contributed by atoms with Crippen LogP contribution in [0.4, 0.5) is 5.82 Å². The number of carbonyl (C=O) groups excluding carboxylic acids is 1. The number of aliphatic hydroxyl groups is 2. The average molecular weight is 329 g/mol. The quantitative estimate of drug-likeness (QED) is 0.389. The molecule has 1 saturated heterocycles. The Morgan fingerprint density at radius 2 is 2.22 bits per heavy atom. The molecule has 10 heteroatoms. The van der Waals surface area contributed by atoms with Crippen LogP contribution in [0.5, 0.6) is 0 Å². The molecule has 0 saturated carbocycles. The monoisotopic (exact) mass is 329 g/mol. The predicted octanol–water partition coefficient (Wildman–Crippen LogP) is -1.14. The van der Waals surface area contributed by atoms with Gasteiger partial charge in [-0.25, -0.2) is 4.79 Å². The number of carbonyl (C=O) groups is 1. The summed E-state index contributed by atoms with van der Waals surface area (Å²) in [6, 6.07) is 1.30. The third kappa shape index (κ3) is 3.50. The fraction of sp³-hybridized carbons (Fsp3) is 0.615. The zero-order valence-electron chi connectivity index (χ0n) is 12.6. The third-order valence-corrected chi connectivity index (χ3v) is 3.75. The second-order valence-electron chi connectivity index (χ2n) is 5.32. The maximum atomic E-state index is 11.9. The number of ether oxygens (including phenoxy) is 2. The van der Waals surface area contributed by atoms with Crippen LogP contribution in [0, 0.1) is 5.92 Å². The summed E-state index contributed by atoms with van der Waals surface area (Å²) in [7, 11) is 1.25. The van der Waals surface area contributed by atoms with Crippen LogP contribution >= 0.6 is 0 Å². The Morgan fingerprint density at radius 1 is 1.52 bits per heavy atom. The zero-order chi connectivity index (χ0) is 17.1. The van der Waals surface area contributed by atoms with E-state index in [0.717, 1.165) is 4.57 Å². The van der Waals surface area contributed by atoms with Crippen LogP contribution in [-0.4, -0.2) is 56.4 Å². The van der Waals surface area contributed by atoms with Gasteiger partial charge >= 0.3 is 11.7 Å². The van der Waals surface area contributed by atoms with Crippen molar-refractivity contribution in [3.8, 4) is 0 Å². The standard InChI is InChI=1S/C13H19N3O7/c1-6(12(19)22-2)5-7-9(17)10(18)11(23-7)16-4-3-8(15-21)14-13(16)20/h3-4,6-7,9-11,17-18,21H,5H2,1-2H3,(H,14,15,20)/t6?,7-,9-,10-,11-/m1/s1. The van der Waals surface area contributed by atoms with Gasteiger partial charge < -0.3 is 19.7 Å². The summed E-state index contributed by atoms with van der Waals surface area (Å²) in [5.74, 6) is -1.06. The largest absolute Gasteiger partial charge is 0.469 e. The minimum atomic E-state index is -1.36. The van der Waals surface area contributed by atoms with Crippen molar-refractivity contribution in [1.82, 2.24) is 9.55 Å². The maximum Gasteiger partial charge on any atom is 0.351 e. The minimum Gasteiger partial charge on any atom is -0.469 e.